The SMILES string of the molecule is CCN(CC(NC)C1CCOC1)c1ccccc1. The predicted octanol–water partition coefficient (Wildman–Crippen LogP) is 2.14. The van der Waals surface area contributed by atoms with Gasteiger partial charge in [0.15, 0.2) is 0 Å². The third-order valence-electron chi connectivity index (χ3n) is 3.82. The van der Waals surface area contributed by atoms with Crippen molar-refractivity contribution in [2.45, 2.75) is 19.4 Å². The molecule has 0 amide bonds. The minimum atomic E-state index is 0.507. The summed E-state index contributed by atoms with van der Waals surface area (Å²) >= 11 is 0. The zero-order chi connectivity index (χ0) is 12.8. The number of para-hydroxylation sites is 1. The molecule has 18 heavy (non-hydrogen) atoms. The second kappa shape index (κ2) is 6.76. The summed E-state index contributed by atoms with van der Waals surface area (Å²) in [4.78, 5) is 2.43. The van der Waals surface area contributed by atoms with E-state index in [0.29, 0.717) is 12.0 Å². The predicted molar refractivity (Wildman–Crippen MR) is 76.1 cm³/mol. The molecule has 0 saturated carbocycles. The van der Waals surface area contributed by atoms with Crippen molar-refractivity contribution in [3.63, 3.8) is 0 Å². The molecule has 1 fully saturated rings. The summed E-state index contributed by atoms with van der Waals surface area (Å²) in [6.07, 6.45) is 1.18. The van der Waals surface area contributed by atoms with E-state index in [-0.39, 0.29) is 0 Å². The number of hydrogen-bond donors (Lipinski definition) is 1. The summed E-state index contributed by atoms with van der Waals surface area (Å²) in [6, 6.07) is 11.1. The van der Waals surface area contributed by atoms with Crippen LogP contribution in [0.1, 0.15) is 13.3 Å². The highest BCUT2D eigenvalue weighted by molar-refractivity contribution is 5.46. The van der Waals surface area contributed by atoms with E-state index in [0.717, 1.165) is 26.3 Å². The fourth-order valence-electron chi connectivity index (χ4n) is 2.64. The van der Waals surface area contributed by atoms with E-state index in [1.165, 1.54) is 12.1 Å². The van der Waals surface area contributed by atoms with E-state index in [9.17, 15) is 0 Å². The first kappa shape index (κ1) is 13.4. The lowest BCUT2D eigenvalue weighted by Gasteiger charge is -2.31. The van der Waals surface area contributed by atoms with Crippen molar-refractivity contribution in [1.29, 1.82) is 0 Å². The first-order valence-corrected chi connectivity index (χ1v) is 6.90. The lowest BCUT2D eigenvalue weighted by molar-refractivity contribution is 0.178. The van der Waals surface area contributed by atoms with E-state index in [2.05, 4.69) is 54.5 Å². The molecule has 1 aromatic rings. The summed E-state index contributed by atoms with van der Waals surface area (Å²) < 4.78 is 5.50. The number of hydrogen-bond acceptors (Lipinski definition) is 3. The molecular weight excluding hydrogens is 224 g/mol. The van der Waals surface area contributed by atoms with Crippen molar-refractivity contribution in [1.82, 2.24) is 5.32 Å². The molecule has 0 radical (unpaired) electrons. The Morgan fingerprint density at radius 3 is 2.72 bits per heavy atom. The quantitative estimate of drug-likeness (QED) is 0.835. The van der Waals surface area contributed by atoms with Gasteiger partial charge in [0.25, 0.3) is 0 Å². The van der Waals surface area contributed by atoms with Gasteiger partial charge in [-0.15, -0.1) is 0 Å². The molecule has 0 spiro atoms. The van der Waals surface area contributed by atoms with E-state index in [4.69, 9.17) is 4.74 Å². The average Bonchev–Trinajstić information content (AvgIpc) is 2.95. The molecule has 1 saturated heterocycles. The van der Waals surface area contributed by atoms with Gasteiger partial charge in [-0.2, -0.15) is 0 Å². The van der Waals surface area contributed by atoms with Crippen molar-refractivity contribution in [3.05, 3.63) is 30.3 Å². The van der Waals surface area contributed by atoms with Crippen molar-refractivity contribution < 1.29 is 4.74 Å². The third kappa shape index (κ3) is 3.24. The van der Waals surface area contributed by atoms with Gasteiger partial charge in [-0.1, -0.05) is 18.2 Å². The molecule has 0 bridgehead atoms. The summed E-state index contributed by atoms with van der Waals surface area (Å²) in [5.74, 6) is 0.646. The lowest BCUT2D eigenvalue weighted by Crippen LogP contribution is -2.44. The molecule has 2 atom stereocenters. The monoisotopic (exact) mass is 248 g/mol. The van der Waals surface area contributed by atoms with Gasteiger partial charge >= 0.3 is 0 Å². The molecule has 0 aliphatic carbocycles. The molecule has 1 N–H and O–H groups in total. The highest BCUT2D eigenvalue weighted by Gasteiger charge is 2.25. The molecule has 0 aromatic heterocycles. The number of nitrogens with zero attached hydrogens (tertiary/aromatic N) is 1. The Bertz CT molecular complexity index is 336. The molecule has 1 heterocycles. The maximum absolute atomic E-state index is 5.50. The Hall–Kier alpha value is -1.06. The molecule has 2 unspecified atom stereocenters. The number of anilines is 1. The molecule has 1 aromatic carbocycles. The van der Waals surface area contributed by atoms with Crippen LogP contribution in [0.3, 0.4) is 0 Å². The first-order valence-electron chi connectivity index (χ1n) is 6.90. The van der Waals surface area contributed by atoms with Gasteiger partial charge in [-0.25, -0.2) is 0 Å². The van der Waals surface area contributed by atoms with Gasteiger partial charge in [0, 0.05) is 37.3 Å². The van der Waals surface area contributed by atoms with Gasteiger partial charge in [0.2, 0.25) is 0 Å². The molecule has 1 aliphatic rings. The molecule has 3 heteroatoms. The second-order valence-electron chi connectivity index (χ2n) is 4.89. The van der Waals surface area contributed by atoms with Crippen LogP contribution in [0.15, 0.2) is 30.3 Å². The molecule has 1 aliphatic heterocycles. The third-order valence-corrected chi connectivity index (χ3v) is 3.82. The molecule has 100 valence electrons. The fourth-order valence-corrected chi connectivity index (χ4v) is 2.64. The topological polar surface area (TPSA) is 24.5 Å². The van der Waals surface area contributed by atoms with Crippen molar-refractivity contribution in [2.24, 2.45) is 5.92 Å². The maximum Gasteiger partial charge on any atom is 0.0510 e. The summed E-state index contributed by atoms with van der Waals surface area (Å²) in [5, 5.41) is 3.46. The minimum absolute atomic E-state index is 0.507. The summed E-state index contributed by atoms with van der Waals surface area (Å²) in [6.45, 7) is 6.11. The number of ether oxygens (including phenoxy) is 1. The van der Waals surface area contributed by atoms with Crippen LogP contribution in [-0.2, 0) is 4.74 Å². The number of benzene rings is 1. The van der Waals surface area contributed by atoms with Crippen LogP contribution in [0.25, 0.3) is 0 Å². The number of rotatable bonds is 6. The Kier molecular flexibility index (Phi) is 5.02. The Labute approximate surface area is 110 Å². The smallest absolute Gasteiger partial charge is 0.0510 e. The van der Waals surface area contributed by atoms with Crippen molar-refractivity contribution in [3.8, 4) is 0 Å². The van der Waals surface area contributed by atoms with Gasteiger partial charge < -0.3 is 15.0 Å². The van der Waals surface area contributed by atoms with Crippen LogP contribution < -0.4 is 10.2 Å². The second-order valence-corrected chi connectivity index (χ2v) is 4.89. The van der Waals surface area contributed by atoms with Crippen molar-refractivity contribution >= 4 is 5.69 Å². The summed E-state index contributed by atoms with van der Waals surface area (Å²) in [5.41, 5.74) is 1.30. The standard InChI is InChI=1S/C15H24N2O/c1-3-17(14-7-5-4-6-8-14)11-15(16-2)13-9-10-18-12-13/h4-8,13,15-16H,3,9-12H2,1-2H3. The summed E-state index contributed by atoms with van der Waals surface area (Å²) in [7, 11) is 2.06. The Morgan fingerprint density at radius 1 is 1.39 bits per heavy atom. The highest BCUT2D eigenvalue weighted by atomic mass is 16.5. The van der Waals surface area contributed by atoms with Crippen LogP contribution in [0.4, 0.5) is 5.69 Å². The van der Waals surface area contributed by atoms with E-state index in [1.54, 1.807) is 0 Å². The average molecular weight is 248 g/mol. The van der Waals surface area contributed by atoms with Crippen molar-refractivity contribution in [2.75, 3.05) is 38.3 Å². The number of likely N-dealkylation sites (N-methyl/N-ethyl adjacent to an activating group) is 2. The van der Waals surface area contributed by atoms with Crippen LogP contribution in [-0.4, -0.2) is 39.4 Å². The first-order chi connectivity index (χ1) is 8.85. The molecule has 3 nitrogen and oxygen atoms in total. The van der Waals surface area contributed by atoms with Gasteiger partial charge in [-0.3, -0.25) is 0 Å². The van der Waals surface area contributed by atoms with Crippen LogP contribution in [0, 0.1) is 5.92 Å². The highest BCUT2D eigenvalue weighted by Crippen LogP contribution is 2.20. The van der Waals surface area contributed by atoms with E-state index in [1.807, 2.05) is 0 Å². The zero-order valence-electron chi connectivity index (χ0n) is 11.4. The van der Waals surface area contributed by atoms with E-state index >= 15 is 0 Å². The number of nitrogens with one attached hydrogen (secondary N) is 1. The minimum Gasteiger partial charge on any atom is -0.381 e. The molecule has 2 rings (SSSR count). The van der Waals surface area contributed by atoms with Crippen LogP contribution >= 0.6 is 0 Å². The zero-order valence-corrected chi connectivity index (χ0v) is 11.4. The van der Waals surface area contributed by atoms with Gasteiger partial charge in [-0.05, 0) is 32.5 Å². The van der Waals surface area contributed by atoms with Crippen LogP contribution in [0.5, 0.6) is 0 Å². The normalized spacial score (nSPS) is 20.9. The van der Waals surface area contributed by atoms with Gasteiger partial charge in [0.05, 0.1) is 6.61 Å². The fraction of sp³-hybridized carbons (Fsp3) is 0.600. The van der Waals surface area contributed by atoms with Crippen LogP contribution in [0.2, 0.25) is 0 Å². The largest absolute Gasteiger partial charge is 0.381 e. The maximum atomic E-state index is 5.50. The van der Waals surface area contributed by atoms with Gasteiger partial charge in [0.1, 0.15) is 0 Å². The Balaban J connectivity index is 2.00. The lowest BCUT2D eigenvalue weighted by atomic mass is 9.98. The Morgan fingerprint density at radius 2 is 2.17 bits per heavy atom. The molecular formula is C15H24N2O. The van der Waals surface area contributed by atoms with E-state index < -0.39 is 0 Å².